The van der Waals surface area contributed by atoms with E-state index in [1.165, 1.54) is 0 Å². The SMILES string of the molecule is COCCOCCOCCOCCOC(=O)OC[n+]1ccc(CC(=O)N(Cc2ccccc2)c2ccc3ccccc3c2)cc1. The number of aromatic nitrogens is 1. The molecule has 1 amide bonds. The number of hydrogen-bond donors (Lipinski definition) is 0. The maximum absolute atomic E-state index is 13.6. The summed E-state index contributed by atoms with van der Waals surface area (Å²) in [4.78, 5) is 27.4. The van der Waals surface area contributed by atoms with E-state index >= 15 is 0 Å². The average molecular weight is 618 g/mol. The van der Waals surface area contributed by atoms with Crippen molar-refractivity contribution in [3.8, 4) is 0 Å². The Hall–Kier alpha value is -4.35. The predicted molar refractivity (Wildman–Crippen MR) is 169 cm³/mol. The molecule has 0 bridgehead atoms. The predicted octanol–water partition coefficient (Wildman–Crippen LogP) is 4.71. The highest BCUT2D eigenvalue weighted by Gasteiger charge is 2.18. The number of methoxy groups -OCH3 is 1. The smallest absolute Gasteiger partial charge is 0.432 e. The van der Waals surface area contributed by atoms with Crippen molar-refractivity contribution < 1.29 is 42.6 Å². The van der Waals surface area contributed by atoms with Crippen molar-refractivity contribution in [1.82, 2.24) is 0 Å². The van der Waals surface area contributed by atoms with Gasteiger partial charge in [-0.15, -0.1) is 0 Å². The second-order valence-corrected chi connectivity index (χ2v) is 10.1. The summed E-state index contributed by atoms with van der Waals surface area (Å²) in [5, 5.41) is 2.20. The standard InChI is InChI=1S/C35H41N2O8/c1-40-17-18-41-19-20-42-21-22-43-23-24-44-35(39)45-28-36-15-13-29(14-16-36)25-34(38)37(27-30-7-3-2-4-8-30)33-12-11-31-9-5-6-10-32(31)26-33/h2-16,26H,17-25,27-28H2,1H3/q+1. The van der Waals surface area contributed by atoms with Crippen molar-refractivity contribution in [2.45, 2.75) is 19.7 Å². The second-order valence-electron chi connectivity index (χ2n) is 10.1. The third-order valence-electron chi connectivity index (χ3n) is 6.80. The molecule has 45 heavy (non-hydrogen) atoms. The number of carbonyl (C=O) groups excluding carboxylic acids is 2. The number of amides is 1. The molecule has 0 saturated carbocycles. The molecule has 0 aliphatic rings. The first-order chi connectivity index (χ1) is 22.1. The Bertz CT molecular complexity index is 1450. The van der Waals surface area contributed by atoms with Gasteiger partial charge in [-0.2, -0.15) is 4.57 Å². The van der Waals surface area contributed by atoms with Crippen LogP contribution in [0.4, 0.5) is 10.5 Å². The summed E-state index contributed by atoms with van der Waals surface area (Å²) < 4.78 is 32.9. The summed E-state index contributed by atoms with van der Waals surface area (Å²) in [5.41, 5.74) is 2.74. The minimum Gasteiger partial charge on any atom is -0.432 e. The second kappa shape index (κ2) is 19.1. The lowest BCUT2D eigenvalue weighted by Crippen LogP contribution is -2.36. The fourth-order valence-electron chi connectivity index (χ4n) is 4.43. The van der Waals surface area contributed by atoms with Crippen LogP contribution >= 0.6 is 0 Å². The van der Waals surface area contributed by atoms with Crippen LogP contribution in [0.5, 0.6) is 0 Å². The molecule has 0 unspecified atom stereocenters. The summed E-state index contributed by atoms with van der Waals surface area (Å²) in [6.07, 6.45) is 2.95. The Morgan fingerprint density at radius 3 is 1.96 bits per heavy atom. The van der Waals surface area contributed by atoms with Gasteiger partial charge in [-0.3, -0.25) is 4.79 Å². The molecule has 0 saturated heterocycles. The van der Waals surface area contributed by atoms with Crippen LogP contribution in [-0.2, 0) is 52.9 Å². The molecule has 4 rings (SSSR count). The molecule has 0 aliphatic carbocycles. The summed E-state index contributed by atoms with van der Waals surface area (Å²) in [7, 11) is 1.62. The summed E-state index contributed by atoms with van der Waals surface area (Å²) in [6.45, 7) is 3.62. The zero-order valence-corrected chi connectivity index (χ0v) is 25.7. The van der Waals surface area contributed by atoms with E-state index in [-0.39, 0.29) is 32.3 Å². The van der Waals surface area contributed by atoms with E-state index in [0.29, 0.717) is 46.2 Å². The Morgan fingerprint density at radius 2 is 1.27 bits per heavy atom. The molecule has 4 aromatic rings. The average Bonchev–Trinajstić information content (AvgIpc) is 3.07. The van der Waals surface area contributed by atoms with Crippen molar-refractivity contribution >= 4 is 28.5 Å². The molecular formula is C35H41N2O8+. The van der Waals surface area contributed by atoms with Crippen LogP contribution < -0.4 is 9.47 Å². The molecule has 0 aliphatic heterocycles. The molecule has 0 spiro atoms. The van der Waals surface area contributed by atoms with Gasteiger partial charge in [-0.25, -0.2) is 4.79 Å². The van der Waals surface area contributed by atoms with Gasteiger partial charge in [-0.05, 0) is 34.0 Å². The van der Waals surface area contributed by atoms with Gasteiger partial charge in [0.15, 0.2) is 12.4 Å². The molecule has 10 heteroatoms. The Kier molecular flexibility index (Phi) is 14.3. The van der Waals surface area contributed by atoms with Crippen LogP contribution in [0.3, 0.4) is 0 Å². The van der Waals surface area contributed by atoms with Crippen molar-refractivity contribution in [2.75, 3.05) is 64.9 Å². The highest BCUT2D eigenvalue weighted by atomic mass is 16.7. The van der Waals surface area contributed by atoms with Crippen LogP contribution in [0, 0.1) is 0 Å². The number of fused-ring (bicyclic) bond motifs is 1. The summed E-state index contributed by atoms with van der Waals surface area (Å²) >= 11 is 0. The van der Waals surface area contributed by atoms with Gasteiger partial charge in [0.05, 0.1) is 59.2 Å². The number of hydrogen-bond acceptors (Lipinski definition) is 8. The van der Waals surface area contributed by atoms with Gasteiger partial charge < -0.3 is 33.3 Å². The van der Waals surface area contributed by atoms with Gasteiger partial charge in [0.2, 0.25) is 5.91 Å². The van der Waals surface area contributed by atoms with Crippen LogP contribution in [0.15, 0.2) is 97.3 Å². The molecule has 3 aromatic carbocycles. The lowest BCUT2D eigenvalue weighted by atomic mass is 10.1. The van der Waals surface area contributed by atoms with Gasteiger partial charge in [0.25, 0.3) is 6.73 Å². The first-order valence-corrected chi connectivity index (χ1v) is 14.9. The number of benzene rings is 3. The highest BCUT2D eigenvalue weighted by molar-refractivity contribution is 5.97. The summed E-state index contributed by atoms with van der Waals surface area (Å²) in [5.74, 6) is -0.0209. The number of ether oxygens (including phenoxy) is 6. The third-order valence-corrected chi connectivity index (χ3v) is 6.80. The highest BCUT2D eigenvalue weighted by Crippen LogP contribution is 2.24. The van der Waals surface area contributed by atoms with E-state index in [0.717, 1.165) is 27.6 Å². The Labute approximate surface area is 264 Å². The maximum atomic E-state index is 13.6. The minimum atomic E-state index is -0.790. The lowest BCUT2D eigenvalue weighted by Gasteiger charge is -2.24. The van der Waals surface area contributed by atoms with Gasteiger partial charge in [0, 0.05) is 24.9 Å². The fraction of sp³-hybridized carbons (Fsp3) is 0.343. The molecule has 10 nitrogen and oxygen atoms in total. The zero-order valence-electron chi connectivity index (χ0n) is 25.7. The molecule has 0 atom stereocenters. The van der Waals surface area contributed by atoms with Crippen LogP contribution in [-0.4, -0.2) is 72.0 Å². The van der Waals surface area contributed by atoms with Crippen LogP contribution in [0.25, 0.3) is 10.8 Å². The molecule has 0 N–H and O–H groups in total. The topological polar surface area (TPSA) is 96.6 Å². The third kappa shape index (κ3) is 11.9. The van der Waals surface area contributed by atoms with Crippen molar-refractivity contribution in [1.29, 1.82) is 0 Å². The van der Waals surface area contributed by atoms with Gasteiger partial charge in [0.1, 0.15) is 6.61 Å². The Balaban J connectivity index is 1.18. The molecule has 0 fully saturated rings. The van der Waals surface area contributed by atoms with E-state index in [1.54, 1.807) is 24.1 Å². The van der Waals surface area contributed by atoms with E-state index in [4.69, 9.17) is 28.4 Å². The molecule has 0 radical (unpaired) electrons. The normalized spacial score (nSPS) is 11.0. The first kappa shape index (κ1) is 33.5. The van der Waals surface area contributed by atoms with Crippen molar-refractivity contribution in [3.63, 3.8) is 0 Å². The number of anilines is 1. The number of carbonyl (C=O) groups is 2. The Morgan fingerprint density at radius 1 is 0.644 bits per heavy atom. The summed E-state index contributed by atoms with van der Waals surface area (Å²) in [6, 6.07) is 27.8. The first-order valence-electron chi connectivity index (χ1n) is 14.9. The zero-order chi connectivity index (χ0) is 31.5. The largest absolute Gasteiger partial charge is 0.513 e. The minimum absolute atomic E-state index is 0.0209. The van der Waals surface area contributed by atoms with Crippen molar-refractivity contribution in [2.24, 2.45) is 0 Å². The molecule has 1 heterocycles. The van der Waals surface area contributed by atoms with Crippen LogP contribution in [0.1, 0.15) is 11.1 Å². The number of pyridine rings is 1. The number of nitrogens with zero attached hydrogens (tertiary/aromatic N) is 2. The van der Waals surface area contributed by atoms with E-state index in [2.05, 4.69) is 12.1 Å². The van der Waals surface area contributed by atoms with Crippen LogP contribution in [0.2, 0.25) is 0 Å². The number of rotatable bonds is 19. The lowest BCUT2D eigenvalue weighted by molar-refractivity contribution is -0.727. The van der Waals surface area contributed by atoms with E-state index in [9.17, 15) is 9.59 Å². The van der Waals surface area contributed by atoms with E-state index in [1.807, 2.05) is 77.7 Å². The molecular weight excluding hydrogens is 576 g/mol. The fourth-order valence-corrected chi connectivity index (χ4v) is 4.43. The van der Waals surface area contributed by atoms with E-state index < -0.39 is 6.16 Å². The van der Waals surface area contributed by atoms with Crippen molar-refractivity contribution in [3.05, 3.63) is 108 Å². The molecule has 1 aromatic heterocycles. The quantitative estimate of drug-likeness (QED) is 0.0849. The molecule has 238 valence electrons. The van der Waals surface area contributed by atoms with Gasteiger partial charge >= 0.3 is 6.16 Å². The maximum Gasteiger partial charge on any atom is 0.513 e. The monoisotopic (exact) mass is 617 g/mol. The van der Waals surface area contributed by atoms with Gasteiger partial charge in [-0.1, -0.05) is 60.7 Å².